The van der Waals surface area contributed by atoms with Gasteiger partial charge in [-0.2, -0.15) is 0 Å². The van der Waals surface area contributed by atoms with Crippen molar-refractivity contribution in [3.05, 3.63) is 89.1 Å². The topological polar surface area (TPSA) is 63.7 Å². The van der Waals surface area contributed by atoms with E-state index in [4.69, 9.17) is 14.5 Å². The van der Waals surface area contributed by atoms with Gasteiger partial charge >= 0.3 is 0 Å². The second kappa shape index (κ2) is 11.9. The van der Waals surface area contributed by atoms with Crippen molar-refractivity contribution in [1.29, 1.82) is 0 Å². The van der Waals surface area contributed by atoms with Gasteiger partial charge < -0.3 is 19.7 Å². The lowest BCUT2D eigenvalue weighted by atomic mass is 10.1. The number of thiazole rings is 1. The van der Waals surface area contributed by atoms with Crippen LogP contribution in [-0.2, 0) is 6.54 Å². The van der Waals surface area contributed by atoms with Crippen LogP contribution in [0.4, 0.5) is 15.2 Å². The van der Waals surface area contributed by atoms with Crippen LogP contribution in [0.3, 0.4) is 0 Å². The number of hydrogen-bond acceptors (Lipinski definition) is 6. The first-order chi connectivity index (χ1) is 17.9. The smallest absolute Gasteiger partial charge is 0.251 e. The van der Waals surface area contributed by atoms with Crippen LogP contribution in [0, 0.1) is 11.7 Å². The molecule has 0 fully saturated rings. The molecule has 0 aliphatic carbocycles. The molecule has 1 amide bonds. The Morgan fingerprint density at radius 1 is 1.05 bits per heavy atom. The Balaban J connectivity index is 1.65. The summed E-state index contributed by atoms with van der Waals surface area (Å²) in [4.78, 5) is 19.1. The lowest BCUT2D eigenvalue weighted by Crippen LogP contribution is -2.27. The molecule has 0 atom stereocenters. The number of nitrogens with zero attached hydrogens (tertiary/aromatic N) is 2. The zero-order chi connectivity index (χ0) is 26.4. The average Bonchev–Trinajstić information content (AvgIpc) is 3.40. The molecule has 0 spiro atoms. The van der Waals surface area contributed by atoms with Crippen molar-refractivity contribution < 1.29 is 18.7 Å². The number of nitrogens with one attached hydrogen (secondary N) is 1. The molecule has 192 valence electrons. The van der Waals surface area contributed by atoms with Crippen LogP contribution in [0.1, 0.15) is 29.8 Å². The number of benzene rings is 3. The maximum absolute atomic E-state index is 14.9. The van der Waals surface area contributed by atoms with Gasteiger partial charge in [-0.1, -0.05) is 38.1 Å². The highest BCUT2D eigenvalue weighted by atomic mass is 32.1. The van der Waals surface area contributed by atoms with Gasteiger partial charge in [0.25, 0.3) is 5.91 Å². The van der Waals surface area contributed by atoms with Crippen molar-refractivity contribution in [3.8, 4) is 22.8 Å². The van der Waals surface area contributed by atoms with E-state index in [1.165, 1.54) is 17.4 Å². The van der Waals surface area contributed by atoms with Crippen molar-refractivity contribution in [2.45, 2.75) is 20.4 Å². The van der Waals surface area contributed by atoms with Crippen LogP contribution in [0.5, 0.6) is 11.5 Å². The number of carbonyl (C=O) groups excluding carboxylic acids is 1. The highest BCUT2D eigenvalue weighted by Gasteiger charge is 2.20. The fourth-order valence-electron chi connectivity index (χ4n) is 3.80. The lowest BCUT2D eigenvalue weighted by Gasteiger charge is -2.23. The number of hydrogen-bond donors (Lipinski definition) is 1. The van der Waals surface area contributed by atoms with Crippen LogP contribution in [-0.4, -0.2) is 31.7 Å². The van der Waals surface area contributed by atoms with Crippen LogP contribution >= 0.6 is 11.3 Å². The fraction of sp³-hybridized carbons (Fsp3) is 0.241. The third-order valence-corrected chi connectivity index (χ3v) is 6.64. The summed E-state index contributed by atoms with van der Waals surface area (Å²) in [6, 6.07) is 19.5. The van der Waals surface area contributed by atoms with Gasteiger partial charge in [-0.15, -0.1) is 11.3 Å². The number of amides is 1. The Hall–Kier alpha value is -3.91. The highest BCUT2D eigenvalue weighted by Crippen LogP contribution is 2.38. The Morgan fingerprint density at radius 2 is 1.81 bits per heavy atom. The molecule has 0 aliphatic rings. The van der Waals surface area contributed by atoms with Gasteiger partial charge in [0.05, 0.1) is 32.1 Å². The van der Waals surface area contributed by atoms with Crippen LogP contribution in [0.15, 0.2) is 72.1 Å². The molecule has 8 heteroatoms. The molecule has 1 N–H and O–H groups in total. The summed E-state index contributed by atoms with van der Waals surface area (Å²) in [5, 5.41) is 5.47. The predicted molar refractivity (Wildman–Crippen MR) is 147 cm³/mol. The minimum atomic E-state index is -0.345. The van der Waals surface area contributed by atoms with Gasteiger partial charge in [0.15, 0.2) is 5.13 Å². The molecule has 3 aromatic carbocycles. The molecule has 4 aromatic rings. The van der Waals surface area contributed by atoms with E-state index in [9.17, 15) is 9.18 Å². The summed E-state index contributed by atoms with van der Waals surface area (Å²) in [7, 11) is 3.22. The Labute approximate surface area is 220 Å². The molecule has 0 saturated heterocycles. The summed E-state index contributed by atoms with van der Waals surface area (Å²) in [6.45, 7) is 5.09. The standard InChI is InChI=1S/C29H30FN3O3S/c1-19(2)16-31-28(34)21-11-9-20(10-12-21)17-33(26-8-6-5-7-24(26)30)29-32-25(18-37-29)23-15-22(35-3)13-14-27(23)36-4/h5-15,18-19H,16-17H2,1-4H3,(H,31,34). The van der Waals surface area contributed by atoms with Gasteiger partial charge in [0, 0.05) is 23.1 Å². The molecule has 37 heavy (non-hydrogen) atoms. The number of methoxy groups -OCH3 is 2. The van der Waals surface area contributed by atoms with Crippen LogP contribution < -0.4 is 19.7 Å². The van der Waals surface area contributed by atoms with Crippen molar-refractivity contribution in [1.82, 2.24) is 10.3 Å². The van der Waals surface area contributed by atoms with E-state index in [1.54, 1.807) is 44.6 Å². The van der Waals surface area contributed by atoms with E-state index in [2.05, 4.69) is 19.2 Å². The molecule has 0 unspecified atom stereocenters. The largest absolute Gasteiger partial charge is 0.497 e. The minimum absolute atomic E-state index is 0.108. The molecule has 0 aliphatic heterocycles. The van der Waals surface area contributed by atoms with E-state index < -0.39 is 0 Å². The SMILES string of the molecule is COc1ccc(OC)c(-c2csc(N(Cc3ccc(C(=O)NCC(C)C)cc3)c3ccccc3F)n2)c1. The van der Waals surface area contributed by atoms with Crippen molar-refractivity contribution in [2.24, 2.45) is 5.92 Å². The highest BCUT2D eigenvalue weighted by molar-refractivity contribution is 7.14. The molecule has 0 bridgehead atoms. The molecule has 1 aromatic heterocycles. The first kappa shape index (κ1) is 26.2. The number of anilines is 2. The number of aromatic nitrogens is 1. The van der Waals surface area contributed by atoms with Crippen LogP contribution in [0.25, 0.3) is 11.3 Å². The van der Waals surface area contributed by atoms with Crippen molar-refractivity contribution >= 4 is 28.1 Å². The molecule has 0 saturated carbocycles. The second-order valence-corrected chi connectivity index (χ2v) is 9.76. The Bertz CT molecular complexity index is 1350. The van der Waals surface area contributed by atoms with Gasteiger partial charge in [-0.25, -0.2) is 9.37 Å². The van der Waals surface area contributed by atoms with Crippen molar-refractivity contribution in [3.63, 3.8) is 0 Å². The third kappa shape index (κ3) is 6.27. The number of para-hydroxylation sites is 1. The molecular formula is C29H30FN3O3S. The maximum atomic E-state index is 14.9. The Morgan fingerprint density at radius 3 is 2.49 bits per heavy atom. The zero-order valence-electron chi connectivity index (χ0n) is 21.3. The maximum Gasteiger partial charge on any atom is 0.251 e. The quantitative estimate of drug-likeness (QED) is 0.253. The molecule has 1 heterocycles. The van der Waals surface area contributed by atoms with Crippen molar-refractivity contribution in [2.75, 3.05) is 25.7 Å². The monoisotopic (exact) mass is 519 g/mol. The molecular weight excluding hydrogens is 489 g/mol. The summed E-state index contributed by atoms with van der Waals surface area (Å²) in [5.41, 5.74) is 3.41. The third-order valence-electron chi connectivity index (χ3n) is 5.78. The van der Waals surface area contributed by atoms with E-state index in [1.807, 2.05) is 40.6 Å². The van der Waals surface area contributed by atoms with E-state index in [0.717, 1.165) is 11.1 Å². The molecule has 4 rings (SSSR count). The van der Waals surface area contributed by atoms with Gasteiger partial charge in [0.2, 0.25) is 0 Å². The fourth-order valence-corrected chi connectivity index (χ4v) is 4.63. The number of rotatable bonds is 10. The number of carbonyl (C=O) groups is 1. The summed E-state index contributed by atoms with van der Waals surface area (Å²) in [6.07, 6.45) is 0. The zero-order valence-corrected chi connectivity index (χ0v) is 22.1. The van der Waals surface area contributed by atoms with E-state index >= 15 is 0 Å². The summed E-state index contributed by atoms with van der Waals surface area (Å²) >= 11 is 1.41. The summed E-state index contributed by atoms with van der Waals surface area (Å²) < 4.78 is 25.9. The van der Waals surface area contributed by atoms with Crippen LogP contribution in [0.2, 0.25) is 0 Å². The second-order valence-electron chi connectivity index (χ2n) is 8.92. The predicted octanol–water partition coefficient (Wildman–Crippen LogP) is 6.69. The van der Waals surface area contributed by atoms with Gasteiger partial charge in [0.1, 0.15) is 17.3 Å². The Kier molecular flexibility index (Phi) is 8.40. The van der Waals surface area contributed by atoms with E-state index in [-0.39, 0.29) is 11.7 Å². The van der Waals surface area contributed by atoms with Gasteiger partial charge in [-0.3, -0.25) is 4.79 Å². The molecule has 0 radical (unpaired) electrons. The normalized spacial score (nSPS) is 10.9. The number of halogens is 1. The lowest BCUT2D eigenvalue weighted by molar-refractivity contribution is 0.0949. The van der Waals surface area contributed by atoms with Gasteiger partial charge in [-0.05, 0) is 53.9 Å². The average molecular weight is 520 g/mol. The van der Waals surface area contributed by atoms with E-state index in [0.29, 0.717) is 52.6 Å². The molecule has 6 nitrogen and oxygen atoms in total. The first-order valence-corrected chi connectivity index (χ1v) is 12.8. The first-order valence-electron chi connectivity index (χ1n) is 12.0. The summed E-state index contributed by atoms with van der Waals surface area (Å²) in [5.74, 6) is 1.28. The minimum Gasteiger partial charge on any atom is -0.497 e. The number of ether oxygens (including phenoxy) is 2.